The van der Waals surface area contributed by atoms with Crippen LogP contribution < -0.4 is 4.72 Å². The van der Waals surface area contributed by atoms with Crippen LogP contribution in [0.15, 0.2) is 9.72 Å². The van der Waals surface area contributed by atoms with Crippen LogP contribution in [0.1, 0.15) is 24.3 Å². The number of rotatable bonds is 6. The third-order valence-corrected chi connectivity index (χ3v) is 5.03. The highest BCUT2D eigenvalue weighted by Crippen LogP contribution is 2.19. The summed E-state index contributed by atoms with van der Waals surface area (Å²) >= 11 is 0.721. The van der Waals surface area contributed by atoms with Gasteiger partial charge in [0.25, 0.3) is 10.0 Å². The Bertz CT molecular complexity index is 523. The molecule has 0 amide bonds. The summed E-state index contributed by atoms with van der Waals surface area (Å²) in [5.41, 5.74) is 0.642. The minimum absolute atomic E-state index is 0.104. The van der Waals surface area contributed by atoms with Gasteiger partial charge in [0.1, 0.15) is 0 Å². The van der Waals surface area contributed by atoms with Crippen molar-refractivity contribution in [3.05, 3.63) is 11.2 Å². The number of sulfonamides is 1. The minimum atomic E-state index is -3.96. The Labute approximate surface area is 109 Å². The summed E-state index contributed by atoms with van der Waals surface area (Å²) in [5.74, 6) is -1.51. The Morgan fingerprint density at radius 1 is 1.56 bits per heavy atom. The van der Waals surface area contributed by atoms with Crippen molar-refractivity contribution in [1.82, 2.24) is 9.71 Å². The van der Waals surface area contributed by atoms with E-state index in [9.17, 15) is 18.3 Å². The number of nitrogens with one attached hydrogen (secondary N) is 1. The van der Waals surface area contributed by atoms with Gasteiger partial charge in [-0.05, 0) is 5.92 Å². The third-order valence-electron chi connectivity index (χ3n) is 2.23. The standard InChI is InChI=1S/C9H14N2O5S2/c1-5(2)6(12)3-11-18(15,16)9-7(8(13)14)10-4-17-9/h4-6,11-12H,3H2,1-2H3,(H,13,14). The second kappa shape index (κ2) is 5.74. The van der Waals surface area contributed by atoms with Crippen molar-refractivity contribution in [3.8, 4) is 0 Å². The molecule has 1 rings (SSSR count). The predicted molar refractivity (Wildman–Crippen MR) is 65.1 cm³/mol. The SMILES string of the molecule is CC(C)C(O)CNS(=O)(=O)c1scnc1C(=O)O. The van der Waals surface area contributed by atoms with Crippen LogP contribution in [0, 0.1) is 5.92 Å². The van der Waals surface area contributed by atoms with Gasteiger partial charge in [0, 0.05) is 6.54 Å². The first-order chi connectivity index (χ1) is 8.25. The van der Waals surface area contributed by atoms with Crippen molar-refractivity contribution in [1.29, 1.82) is 0 Å². The molecule has 102 valence electrons. The smallest absolute Gasteiger partial charge is 0.356 e. The lowest BCUT2D eigenvalue weighted by Crippen LogP contribution is -2.34. The maximum Gasteiger partial charge on any atom is 0.356 e. The zero-order valence-corrected chi connectivity index (χ0v) is 11.5. The van der Waals surface area contributed by atoms with Crippen LogP contribution in [-0.4, -0.2) is 42.2 Å². The van der Waals surface area contributed by atoms with E-state index in [1.165, 1.54) is 0 Å². The Hall–Kier alpha value is -1.03. The monoisotopic (exact) mass is 294 g/mol. The average Bonchev–Trinajstić information content (AvgIpc) is 2.75. The zero-order chi connectivity index (χ0) is 13.9. The van der Waals surface area contributed by atoms with Crippen LogP contribution in [0.2, 0.25) is 0 Å². The van der Waals surface area contributed by atoms with Crippen LogP contribution in [0.25, 0.3) is 0 Å². The number of hydrogen-bond donors (Lipinski definition) is 3. The molecule has 0 aliphatic rings. The molecule has 0 aromatic carbocycles. The van der Waals surface area contributed by atoms with Gasteiger partial charge < -0.3 is 10.2 Å². The molecule has 9 heteroatoms. The number of aliphatic hydroxyl groups is 1. The molecular weight excluding hydrogens is 280 g/mol. The molecule has 18 heavy (non-hydrogen) atoms. The first-order valence-electron chi connectivity index (χ1n) is 5.10. The molecule has 0 radical (unpaired) electrons. The number of carboxylic acid groups (broad SMARTS) is 1. The Morgan fingerprint density at radius 2 is 2.17 bits per heavy atom. The summed E-state index contributed by atoms with van der Waals surface area (Å²) in [6.45, 7) is 3.32. The van der Waals surface area contributed by atoms with Gasteiger partial charge in [-0.1, -0.05) is 13.8 Å². The summed E-state index contributed by atoms with van der Waals surface area (Å²) in [4.78, 5) is 14.3. The predicted octanol–water partition coefficient (Wildman–Crippen LogP) is 0.137. The van der Waals surface area contributed by atoms with Gasteiger partial charge in [-0.15, -0.1) is 11.3 Å². The minimum Gasteiger partial charge on any atom is -0.476 e. The van der Waals surface area contributed by atoms with Gasteiger partial charge in [-0.2, -0.15) is 0 Å². The molecule has 1 atom stereocenters. The van der Waals surface area contributed by atoms with E-state index in [0.29, 0.717) is 0 Å². The van der Waals surface area contributed by atoms with E-state index >= 15 is 0 Å². The molecule has 0 aliphatic heterocycles. The Morgan fingerprint density at radius 3 is 2.67 bits per heavy atom. The molecule has 1 aromatic rings. The molecule has 0 saturated heterocycles. The number of aromatic nitrogens is 1. The number of aliphatic hydroxyl groups excluding tert-OH is 1. The van der Waals surface area contributed by atoms with Gasteiger partial charge in [0.15, 0.2) is 9.90 Å². The lowest BCUT2D eigenvalue weighted by atomic mass is 10.1. The number of aromatic carboxylic acids is 1. The second-order valence-electron chi connectivity index (χ2n) is 3.96. The largest absolute Gasteiger partial charge is 0.476 e. The molecule has 0 bridgehead atoms. The van der Waals surface area contributed by atoms with Crippen LogP contribution in [-0.2, 0) is 10.0 Å². The molecule has 1 aromatic heterocycles. The van der Waals surface area contributed by atoms with Crippen LogP contribution in [0.4, 0.5) is 0 Å². The molecular formula is C9H14N2O5S2. The van der Waals surface area contributed by atoms with E-state index < -0.39 is 27.8 Å². The topological polar surface area (TPSA) is 117 Å². The number of carbonyl (C=O) groups is 1. The van der Waals surface area contributed by atoms with Crippen molar-refractivity contribution in [2.45, 2.75) is 24.2 Å². The summed E-state index contributed by atoms with van der Waals surface area (Å²) in [6, 6.07) is 0. The van der Waals surface area contributed by atoms with E-state index in [4.69, 9.17) is 5.11 Å². The van der Waals surface area contributed by atoms with Crippen LogP contribution in [0.5, 0.6) is 0 Å². The fourth-order valence-electron chi connectivity index (χ4n) is 1.06. The van der Waals surface area contributed by atoms with Crippen LogP contribution in [0.3, 0.4) is 0 Å². The fraction of sp³-hybridized carbons (Fsp3) is 0.556. The normalized spacial score (nSPS) is 13.8. The van der Waals surface area contributed by atoms with Crippen molar-refractivity contribution in [3.63, 3.8) is 0 Å². The quantitative estimate of drug-likeness (QED) is 0.687. The Kier molecular flexibility index (Phi) is 4.79. The van der Waals surface area contributed by atoms with E-state index in [0.717, 1.165) is 16.8 Å². The first-order valence-corrected chi connectivity index (χ1v) is 7.46. The second-order valence-corrected chi connectivity index (χ2v) is 6.77. The van der Waals surface area contributed by atoms with Gasteiger partial charge >= 0.3 is 5.97 Å². The summed E-state index contributed by atoms with van der Waals surface area (Å²) in [5, 5.41) is 18.3. The maximum absolute atomic E-state index is 11.8. The summed E-state index contributed by atoms with van der Waals surface area (Å²) in [7, 11) is -3.96. The van der Waals surface area contributed by atoms with E-state index in [1.54, 1.807) is 13.8 Å². The van der Waals surface area contributed by atoms with Gasteiger partial charge in [-0.25, -0.2) is 22.9 Å². The highest BCUT2D eigenvalue weighted by Gasteiger charge is 2.26. The molecule has 1 heterocycles. The van der Waals surface area contributed by atoms with Crippen molar-refractivity contribution < 1.29 is 23.4 Å². The number of thiazole rings is 1. The van der Waals surface area contributed by atoms with E-state index in [-0.39, 0.29) is 16.7 Å². The van der Waals surface area contributed by atoms with Crippen LogP contribution >= 0.6 is 11.3 Å². The highest BCUT2D eigenvalue weighted by atomic mass is 32.2. The number of carboxylic acids is 1. The Balaban J connectivity index is 2.87. The third kappa shape index (κ3) is 3.48. The van der Waals surface area contributed by atoms with Crippen molar-refractivity contribution >= 4 is 27.3 Å². The molecule has 0 aliphatic carbocycles. The maximum atomic E-state index is 11.8. The van der Waals surface area contributed by atoms with Gasteiger partial charge in [0.05, 0.1) is 11.6 Å². The van der Waals surface area contributed by atoms with Crippen molar-refractivity contribution in [2.75, 3.05) is 6.54 Å². The highest BCUT2D eigenvalue weighted by molar-refractivity contribution is 7.91. The first kappa shape index (κ1) is 15.0. The molecule has 0 fully saturated rings. The molecule has 1 unspecified atom stereocenters. The van der Waals surface area contributed by atoms with E-state index in [2.05, 4.69) is 9.71 Å². The molecule has 3 N–H and O–H groups in total. The van der Waals surface area contributed by atoms with Crippen molar-refractivity contribution in [2.24, 2.45) is 5.92 Å². The average molecular weight is 294 g/mol. The van der Waals surface area contributed by atoms with E-state index in [1.807, 2.05) is 0 Å². The lowest BCUT2D eigenvalue weighted by Gasteiger charge is -2.14. The molecule has 0 saturated carbocycles. The molecule has 7 nitrogen and oxygen atoms in total. The fourth-order valence-corrected chi connectivity index (χ4v) is 3.30. The zero-order valence-electron chi connectivity index (χ0n) is 9.82. The van der Waals surface area contributed by atoms with Gasteiger partial charge in [0.2, 0.25) is 0 Å². The lowest BCUT2D eigenvalue weighted by molar-refractivity contribution is 0.0687. The summed E-state index contributed by atoms with van der Waals surface area (Å²) < 4.78 is 25.5. The van der Waals surface area contributed by atoms with Gasteiger partial charge in [-0.3, -0.25) is 0 Å². The summed E-state index contributed by atoms with van der Waals surface area (Å²) in [6.07, 6.45) is -0.832. The number of nitrogens with zero attached hydrogens (tertiary/aromatic N) is 1. The number of hydrogen-bond acceptors (Lipinski definition) is 6. The molecule has 0 spiro atoms.